The van der Waals surface area contributed by atoms with Crippen molar-refractivity contribution in [3.05, 3.63) is 46.5 Å². The molecule has 102 valence electrons. The first-order valence-electron chi connectivity index (χ1n) is 6.74. The molecule has 1 atom stereocenters. The number of halogens is 1. The number of hydrogen-bond acceptors (Lipinski definition) is 3. The summed E-state index contributed by atoms with van der Waals surface area (Å²) < 4.78 is 4.86. The first-order valence-corrected chi connectivity index (χ1v) is 7.53. The minimum Gasteiger partial charge on any atom is -0.291 e. The van der Waals surface area contributed by atoms with Gasteiger partial charge in [0.2, 0.25) is 0 Å². The average molecular weight is 332 g/mol. The van der Waals surface area contributed by atoms with Crippen molar-refractivity contribution < 1.29 is 0 Å². The molecule has 0 saturated carbocycles. The highest BCUT2D eigenvalue weighted by Crippen LogP contribution is 2.38. The van der Waals surface area contributed by atoms with E-state index in [4.69, 9.17) is 4.98 Å². The maximum atomic E-state index is 4.72. The zero-order valence-corrected chi connectivity index (χ0v) is 12.7. The van der Waals surface area contributed by atoms with Gasteiger partial charge in [-0.25, -0.2) is 4.98 Å². The van der Waals surface area contributed by atoms with Crippen LogP contribution in [-0.2, 0) is 13.5 Å². The van der Waals surface area contributed by atoms with Crippen LogP contribution >= 0.6 is 15.9 Å². The molecule has 0 N–H and O–H groups in total. The smallest absolute Gasteiger partial charge is 0.182 e. The molecule has 3 aromatic heterocycles. The summed E-state index contributed by atoms with van der Waals surface area (Å²) in [5, 5.41) is 4.42. The van der Waals surface area contributed by atoms with Crippen LogP contribution in [0.5, 0.6) is 0 Å². The van der Waals surface area contributed by atoms with E-state index in [1.54, 1.807) is 6.20 Å². The second-order valence-corrected chi connectivity index (χ2v) is 5.92. The summed E-state index contributed by atoms with van der Waals surface area (Å²) in [6, 6.07) is 0. The highest BCUT2D eigenvalue weighted by atomic mass is 79.9. The van der Waals surface area contributed by atoms with Gasteiger partial charge >= 0.3 is 0 Å². The average Bonchev–Trinajstić information content (AvgIpc) is 3.01. The number of aromatic nitrogens is 5. The maximum absolute atomic E-state index is 4.72. The van der Waals surface area contributed by atoms with Gasteiger partial charge in [0.15, 0.2) is 4.73 Å². The Hall–Kier alpha value is -1.69. The summed E-state index contributed by atoms with van der Waals surface area (Å²) in [5.74, 6) is 0.318. The van der Waals surface area contributed by atoms with Gasteiger partial charge in [-0.3, -0.25) is 14.1 Å². The third-order valence-electron chi connectivity index (χ3n) is 4.14. The molecule has 1 aliphatic rings. The lowest BCUT2D eigenvalue weighted by Gasteiger charge is -2.21. The minimum atomic E-state index is 0.318. The van der Waals surface area contributed by atoms with Crippen LogP contribution in [0.3, 0.4) is 0 Å². The second-order valence-electron chi connectivity index (χ2n) is 5.21. The van der Waals surface area contributed by atoms with Gasteiger partial charge in [0.1, 0.15) is 0 Å². The topological polar surface area (TPSA) is 48.0 Å². The van der Waals surface area contributed by atoms with Crippen LogP contribution in [0.15, 0.2) is 29.5 Å². The van der Waals surface area contributed by atoms with E-state index < -0.39 is 0 Å². The molecule has 0 bridgehead atoms. The highest BCUT2D eigenvalue weighted by Gasteiger charge is 2.28. The fraction of sp³-hybridized carbons (Fsp3) is 0.357. The first-order chi connectivity index (χ1) is 9.75. The van der Waals surface area contributed by atoms with Gasteiger partial charge in [0, 0.05) is 36.6 Å². The Kier molecular flexibility index (Phi) is 2.66. The van der Waals surface area contributed by atoms with Crippen LogP contribution in [0.25, 0.3) is 5.52 Å². The van der Waals surface area contributed by atoms with Crippen molar-refractivity contribution in [1.29, 1.82) is 0 Å². The van der Waals surface area contributed by atoms with Crippen molar-refractivity contribution in [2.24, 2.45) is 7.05 Å². The zero-order valence-electron chi connectivity index (χ0n) is 11.1. The Labute approximate surface area is 124 Å². The van der Waals surface area contributed by atoms with Crippen LogP contribution in [0.1, 0.15) is 35.7 Å². The van der Waals surface area contributed by atoms with E-state index >= 15 is 0 Å². The van der Waals surface area contributed by atoms with Gasteiger partial charge in [-0.15, -0.1) is 0 Å². The van der Waals surface area contributed by atoms with Crippen LogP contribution in [0.4, 0.5) is 0 Å². The molecule has 1 aliphatic carbocycles. The van der Waals surface area contributed by atoms with Gasteiger partial charge in [0.05, 0.1) is 23.6 Å². The van der Waals surface area contributed by atoms with Gasteiger partial charge in [-0.2, -0.15) is 5.10 Å². The van der Waals surface area contributed by atoms with E-state index in [-0.39, 0.29) is 0 Å². The van der Waals surface area contributed by atoms with E-state index in [1.807, 2.05) is 34.7 Å². The van der Waals surface area contributed by atoms with E-state index in [0.29, 0.717) is 5.92 Å². The van der Waals surface area contributed by atoms with Crippen LogP contribution in [0, 0.1) is 0 Å². The predicted octanol–water partition coefficient (Wildman–Crippen LogP) is 2.69. The molecule has 0 aromatic carbocycles. The van der Waals surface area contributed by atoms with Crippen molar-refractivity contribution >= 4 is 21.4 Å². The van der Waals surface area contributed by atoms with Crippen molar-refractivity contribution in [2.75, 3.05) is 0 Å². The van der Waals surface area contributed by atoms with E-state index in [0.717, 1.165) is 28.8 Å². The van der Waals surface area contributed by atoms with Crippen LogP contribution < -0.4 is 0 Å². The molecular weight excluding hydrogens is 318 g/mol. The molecule has 5 nitrogen and oxygen atoms in total. The first kappa shape index (κ1) is 12.1. The molecule has 0 radical (unpaired) electrons. The van der Waals surface area contributed by atoms with Crippen LogP contribution in [0.2, 0.25) is 0 Å². The lowest BCUT2D eigenvalue weighted by atomic mass is 9.84. The molecule has 0 spiro atoms. The molecule has 0 saturated heterocycles. The van der Waals surface area contributed by atoms with Crippen molar-refractivity contribution in [1.82, 2.24) is 24.1 Å². The summed E-state index contributed by atoms with van der Waals surface area (Å²) in [6.07, 6.45) is 11.0. The standard InChI is InChI=1S/C14H14BrN5/c1-19-11-4-2-3-9(10(11)7-17-19)13-12-8-16-5-6-20(12)14(15)18-13/h5-9H,2-4H2,1H3. The Morgan fingerprint density at radius 3 is 3.15 bits per heavy atom. The molecule has 0 amide bonds. The lowest BCUT2D eigenvalue weighted by molar-refractivity contribution is 0.578. The summed E-state index contributed by atoms with van der Waals surface area (Å²) in [5.41, 5.74) is 4.82. The summed E-state index contributed by atoms with van der Waals surface area (Å²) >= 11 is 3.53. The predicted molar refractivity (Wildman–Crippen MR) is 78.7 cm³/mol. The Morgan fingerprint density at radius 2 is 2.25 bits per heavy atom. The van der Waals surface area contributed by atoms with Gasteiger partial charge in [-0.05, 0) is 35.2 Å². The molecule has 4 rings (SSSR count). The quantitative estimate of drug-likeness (QED) is 0.688. The maximum Gasteiger partial charge on any atom is 0.182 e. The molecule has 3 heterocycles. The molecule has 20 heavy (non-hydrogen) atoms. The summed E-state index contributed by atoms with van der Waals surface area (Å²) in [4.78, 5) is 8.96. The fourth-order valence-corrected chi connectivity index (χ4v) is 3.67. The largest absolute Gasteiger partial charge is 0.291 e. The number of aryl methyl sites for hydroxylation is 1. The fourth-order valence-electron chi connectivity index (χ4n) is 3.17. The number of fused-ring (bicyclic) bond motifs is 2. The minimum absolute atomic E-state index is 0.318. The van der Waals surface area contributed by atoms with E-state index in [9.17, 15) is 0 Å². The van der Waals surface area contributed by atoms with E-state index in [1.165, 1.54) is 17.7 Å². The third-order valence-corrected chi connectivity index (χ3v) is 4.70. The van der Waals surface area contributed by atoms with Crippen molar-refractivity contribution in [3.8, 4) is 0 Å². The molecule has 6 heteroatoms. The Bertz CT molecular complexity index is 788. The molecule has 3 aromatic rings. The molecule has 1 unspecified atom stereocenters. The lowest BCUT2D eigenvalue weighted by Crippen LogP contribution is -2.12. The molecule has 0 aliphatic heterocycles. The normalized spacial score (nSPS) is 18.4. The van der Waals surface area contributed by atoms with E-state index in [2.05, 4.69) is 26.0 Å². The second kappa shape index (κ2) is 4.41. The monoisotopic (exact) mass is 331 g/mol. The Morgan fingerprint density at radius 1 is 1.35 bits per heavy atom. The third kappa shape index (κ3) is 1.64. The number of imidazole rings is 1. The van der Waals surface area contributed by atoms with Gasteiger partial charge in [0.25, 0.3) is 0 Å². The summed E-state index contributed by atoms with van der Waals surface area (Å²) in [6.45, 7) is 0. The number of rotatable bonds is 1. The SMILES string of the molecule is Cn1ncc2c1CCCC2c1nc(Br)n2ccncc12. The zero-order chi connectivity index (χ0) is 13.7. The van der Waals surface area contributed by atoms with Crippen molar-refractivity contribution in [3.63, 3.8) is 0 Å². The summed E-state index contributed by atoms with van der Waals surface area (Å²) in [7, 11) is 2.02. The highest BCUT2D eigenvalue weighted by molar-refractivity contribution is 9.10. The molecule has 0 fully saturated rings. The van der Waals surface area contributed by atoms with Crippen molar-refractivity contribution in [2.45, 2.75) is 25.2 Å². The van der Waals surface area contributed by atoms with Gasteiger partial charge in [-0.1, -0.05) is 0 Å². The Balaban J connectivity index is 1.92. The van der Waals surface area contributed by atoms with Gasteiger partial charge < -0.3 is 0 Å². The van der Waals surface area contributed by atoms with Crippen LogP contribution in [-0.4, -0.2) is 24.1 Å². The number of nitrogens with zero attached hydrogens (tertiary/aromatic N) is 5. The molecular formula is C14H14BrN5. The number of hydrogen-bond donors (Lipinski definition) is 0.